The number of Topliss-reactive ketones (excluding diaryl/α,β-unsaturated/α-hetero) is 1. The lowest BCUT2D eigenvalue weighted by atomic mass is 9.70. The molecule has 0 aromatic rings. The van der Waals surface area contributed by atoms with E-state index in [1.54, 1.807) is 0 Å². The minimum Gasteiger partial charge on any atom is -0.466 e. The Labute approximate surface area is 134 Å². The molecular weight excluding hydrogens is 276 g/mol. The fraction of sp³-hybridized carbons (Fsp3) is 0.789. The molecule has 0 aromatic carbocycles. The van der Waals surface area contributed by atoms with Crippen molar-refractivity contribution in [2.24, 2.45) is 22.7 Å². The van der Waals surface area contributed by atoms with Gasteiger partial charge in [-0.05, 0) is 43.1 Å². The van der Waals surface area contributed by atoms with Crippen molar-refractivity contribution in [3.8, 4) is 0 Å². The topological polar surface area (TPSA) is 43.4 Å². The highest BCUT2D eigenvalue weighted by molar-refractivity contribution is 6.05. The van der Waals surface area contributed by atoms with E-state index in [9.17, 15) is 9.59 Å². The Bertz CT molecular complexity index is 489. The lowest BCUT2D eigenvalue weighted by Gasteiger charge is -2.31. The Morgan fingerprint density at radius 3 is 2.55 bits per heavy atom. The van der Waals surface area contributed by atoms with Gasteiger partial charge >= 0.3 is 5.97 Å². The minimum absolute atomic E-state index is 0.000115. The SMILES string of the molecule is CCCC[C@@H](/C=C1\C(=O)[C@@]2(C)CC[C@H]1C2(C)C)C(=O)OCC. The van der Waals surface area contributed by atoms with Crippen LogP contribution in [0.4, 0.5) is 0 Å². The van der Waals surface area contributed by atoms with Crippen molar-refractivity contribution >= 4 is 11.8 Å². The van der Waals surface area contributed by atoms with Gasteiger partial charge in [0.2, 0.25) is 0 Å². The third kappa shape index (κ3) is 2.53. The zero-order chi connectivity index (χ0) is 16.5. The molecule has 3 atom stereocenters. The average molecular weight is 306 g/mol. The molecule has 2 aliphatic carbocycles. The van der Waals surface area contributed by atoms with Crippen LogP contribution in [-0.2, 0) is 14.3 Å². The van der Waals surface area contributed by atoms with Crippen molar-refractivity contribution in [1.29, 1.82) is 0 Å². The molecule has 0 N–H and O–H groups in total. The summed E-state index contributed by atoms with van der Waals surface area (Å²) in [5.41, 5.74) is 0.640. The van der Waals surface area contributed by atoms with Gasteiger partial charge in [0.25, 0.3) is 0 Å². The highest BCUT2D eigenvalue weighted by Gasteiger charge is 2.63. The maximum Gasteiger partial charge on any atom is 0.312 e. The van der Waals surface area contributed by atoms with E-state index in [2.05, 4.69) is 27.7 Å². The van der Waals surface area contributed by atoms with Crippen LogP contribution in [0, 0.1) is 22.7 Å². The monoisotopic (exact) mass is 306 g/mol. The van der Waals surface area contributed by atoms with Crippen LogP contribution in [0.3, 0.4) is 0 Å². The molecule has 0 amide bonds. The van der Waals surface area contributed by atoms with Crippen molar-refractivity contribution < 1.29 is 14.3 Å². The molecule has 2 rings (SSSR count). The molecule has 0 aliphatic heterocycles. The highest BCUT2D eigenvalue weighted by atomic mass is 16.5. The van der Waals surface area contributed by atoms with E-state index in [1.807, 2.05) is 13.0 Å². The molecule has 3 nitrogen and oxygen atoms in total. The second kappa shape index (κ2) is 6.17. The standard InChI is InChI=1S/C19H30O3/c1-6-8-9-13(17(21)22-7-2)12-14-15-10-11-19(5,16(14)20)18(15,3)4/h12-13,15H,6-11H2,1-5H3/b14-12-/t13-,15+,19+/m0/s1. The zero-order valence-electron chi connectivity index (χ0n) is 14.7. The number of unbranched alkanes of at least 4 members (excludes halogenated alkanes) is 1. The maximum atomic E-state index is 12.9. The Morgan fingerprint density at radius 2 is 2.05 bits per heavy atom. The number of ketones is 1. The van der Waals surface area contributed by atoms with Gasteiger partial charge in [0.05, 0.1) is 12.5 Å². The molecule has 2 saturated carbocycles. The summed E-state index contributed by atoms with van der Waals surface area (Å²) < 4.78 is 5.21. The lowest BCUT2D eigenvalue weighted by Crippen LogP contribution is -2.32. The summed E-state index contributed by atoms with van der Waals surface area (Å²) in [4.78, 5) is 25.1. The van der Waals surface area contributed by atoms with Gasteiger partial charge in [-0.15, -0.1) is 0 Å². The highest BCUT2D eigenvalue weighted by Crippen LogP contribution is 2.65. The number of fused-ring (bicyclic) bond motifs is 2. The van der Waals surface area contributed by atoms with Gasteiger partial charge in [-0.2, -0.15) is 0 Å². The number of carbonyl (C=O) groups excluding carboxylic acids is 2. The van der Waals surface area contributed by atoms with E-state index in [1.165, 1.54) is 0 Å². The molecule has 0 spiro atoms. The van der Waals surface area contributed by atoms with Crippen molar-refractivity contribution in [3.05, 3.63) is 11.6 Å². The summed E-state index contributed by atoms with van der Waals surface area (Å²) in [6, 6.07) is 0. The van der Waals surface area contributed by atoms with E-state index < -0.39 is 0 Å². The Kier molecular flexibility index (Phi) is 4.84. The number of esters is 1. The number of rotatable bonds is 6. The summed E-state index contributed by atoms with van der Waals surface area (Å²) in [5.74, 6) is 0.114. The molecule has 124 valence electrons. The zero-order valence-corrected chi connectivity index (χ0v) is 14.7. The number of allylic oxidation sites excluding steroid dienone is 1. The fourth-order valence-electron chi connectivity index (χ4n) is 4.28. The van der Waals surface area contributed by atoms with Crippen LogP contribution >= 0.6 is 0 Å². The summed E-state index contributed by atoms with van der Waals surface area (Å²) in [6.07, 6.45) is 6.78. The Morgan fingerprint density at radius 1 is 1.36 bits per heavy atom. The van der Waals surface area contributed by atoms with Gasteiger partial charge in [0.15, 0.2) is 5.78 Å². The number of hydrogen-bond donors (Lipinski definition) is 0. The number of ether oxygens (including phenoxy) is 1. The minimum atomic E-state index is -0.266. The van der Waals surface area contributed by atoms with Crippen LogP contribution in [0.1, 0.15) is 66.7 Å². The van der Waals surface area contributed by atoms with Crippen molar-refractivity contribution in [2.45, 2.75) is 66.7 Å². The van der Waals surface area contributed by atoms with E-state index >= 15 is 0 Å². The van der Waals surface area contributed by atoms with E-state index in [0.717, 1.165) is 37.7 Å². The summed E-state index contributed by atoms with van der Waals surface area (Å²) in [5, 5.41) is 0. The normalized spacial score (nSPS) is 32.5. The molecular formula is C19H30O3. The predicted molar refractivity (Wildman–Crippen MR) is 87.4 cm³/mol. The van der Waals surface area contributed by atoms with E-state index in [4.69, 9.17) is 4.74 Å². The van der Waals surface area contributed by atoms with Crippen LogP contribution in [-0.4, -0.2) is 18.4 Å². The first-order chi connectivity index (χ1) is 10.3. The molecule has 2 bridgehead atoms. The van der Waals surface area contributed by atoms with Crippen molar-refractivity contribution in [1.82, 2.24) is 0 Å². The smallest absolute Gasteiger partial charge is 0.312 e. The first-order valence-corrected chi connectivity index (χ1v) is 8.72. The van der Waals surface area contributed by atoms with Crippen LogP contribution in [0.2, 0.25) is 0 Å². The number of carbonyl (C=O) groups is 2. The third-order valence-electron chi connectivity index (χ3n) is 6.20. The van der Waals surface area contributed by atoms with E-state index in [-0.39, 0.29) is 28.5 Å². The maximum absolute atomic E-state index is 12.9. The predicted octanol–water partition coefficient (Wildman–Crippen LogP) is 4.31. The molecule has 3 heteroatoms. The molecule has 0 heterocycles. The van der Waals surface area contributed by atoms with Gasteiger partial charge in [-0.25, -0.2) is 0 Å². The summed E-state index contributed by atoms with van der Waals surface area (Å²) in [6.45, 7) is 10.8. The Hall–Kier alpha value is -1.12. The van der Waals surface area contributed by atoms with Gasteiger partial charge in [0, 0.05) is 5.41 Å². The summed E-state index contributed by atoms with van der Waals surface area (Å²) >= 11 is 0. The van der Waals surface area contributed by atoms with Crippen LogP contribution in [0.5, 0.6) is 0 Å². The second-order valence-corrected chi connectivity index (χ2v) is 7.60. The van der Waals surface area contributed by atoms with Gasteiger partial charge in [-0.3, -0.25) is 9.59 Å². The van der Waals surface area contributed by atoms with Crippen LogP contribution in [0.15, 0.2) is 11.6 Å². The number of hydrogen-bond acceptors (Lipinski definition) is 3. The van der Waals surface area contributed by atoms with Gasteiger partial charge in [0.1, 0.15) is 0 Å². The quantitative estimate of drug-likeness (QED) is 0.542. The first kappa shape index (κ1) is 17.2. The average Bonchev–Trinajstić information content (AvgIpc) is 2.77. The molecule has 2 fully saturated rings. The van der Waals surface area contributed by atoms with Crippen LogP contribution < -0.4 is 0 Å². The van der Waals surface area contributed by atoms with Crippen LogP contribution in [0.25, 0.3) is 0 Å². The molecule has 2 aliphatic rings. The third-order valence-corrected chi connectivity index (χ3v) is 6.20. The molecule has 0 unspecified atom stereocenters. The molecule has 22 heavy (non-hydrogen) atoms. The molecule has 0 saturated heterocycles. The summed E-state index contributed by atoms with van der Waals surface area (Å²) in [7, 11) is 0. The van der Waals surface area contributed by atoms with Crippen molar-refractivity contribution in [2.75, 3.05) is 6.61 Å². The largest absolute Gasteiger partial charge is 0.466 e. The molecule has 0 radical (unpaired) electrons. The van der Waals surface area contributed by atoms with E-state index in [0.29, 0.717) is 12.5 Å². The first-order valence-electron chi connectivity index (χ1n) is 8.72. The van der Waals surface area contributed by atoms with Gasteiger partial charge < -0.3 is 4.74 Å². The fourth-order valence-corrected chi connectivity index (χ4v) is 4.28. The van der Waals surface area contributed by atoms with Gasteiger partial charge in [-0.1, -0.05) is 46.6 Å². The van der Waals surface area contributed by atoms with Crippen molar-refractivity contribution in [3.63, 3.8) is 0 Å². The second-order valence-electron chi connectivity index (χ2n) is 7.60. The lowest BCUT2D eigenvalue weighted by molar-refractivity contribution is -0.146. The molecule has 0 aromatic heterocycles. The Balaban J connectivity index is 2.29.